The van der Waals surface area contributed by atoms with Gasteiger partial charge in [0.15, 0.2) is 5.82 Å². The number of rotatable bonds is 7. The van der Waals surface area contributed by atoms with E-state index in [0.717, 1.165) is 16.9 Å². The van der Waals surface area contributed by atoms with Gasteiger partial charge in [-0.3, -0.25) is 4.68 Å². The van der Waals surface area contributed by atoms with Gasteiger partial charge in [-0.1, -0.05) is 6.07 Å². The van der Waals surface area contributed by atoms with Crippen LogP contribution in [0.4, 0.5) is 0 Å². The van der Waals surface area contributed by atoms with Gasteiger partial charge in [0.2, 0.25) is 0 Å². The summed E-state index contributed by atoms with van der Waals surface area (Å²) in [7, 11) is 1.82. The number of nitrogens with one attached hydrogen (secondary N) is 1. The third-order valence-electron chi connectivity index (χ3n) is 2.95. The molecule has 1 heterocycles. The normalized spacial score (nSPS) is 12.4. The van der Waals surface area contributed by atoms with Gasteiger partial charge in [-0.25, -0.2) is 4.98 Å². The van der Waals surface area contributed by atoms with Crippen LogP contribution in [0, 0.1) is 13.8 Å². The molecule has 0 aliphatic carbocycles. The number of aromatic nitrogens is 3. The highest BCUT2D eigenvalue weighted by Crippen LogP contribution is 2.16. The smallest absolute Gasteiger partial charge is 0.164 e. The molecule has 1 aromatic carbocycles. The zero-order valence-electron chi connectivity index (χ0n) is 12.7. The van der Waals surface area contributed by atoms with Crippen LogP contribution in [-0.2, 0) is 13.6 Å². The van der Waals surface area contributed by atoms with Gasteiger partial charge >= 0.3 is 0 Å². The van der Waals surface area contributed by atoms with E-state index < -0.39 is 6.10 Å². The molecule has 1 unspecified atom stereocenters. The summed E-state index contributed by atoms with van der Waals surface area (Å²) in [6, 6.07) is 6.01. The standard InChI is InChI=1S/C15H22N4O2/c1-11-4-12(2)6-14(5-11)21-9-13(20)7-16-8-15-17-10-19(3)18-15/h4-6,10,13,16,20H,7-9H2,1-3H3. The van der Waals surface area contributed by atoms with Crippen molar-refractivity contribution in [1.29, 1.82) is 0 Å². The van der Waals surface area contributed by atoms with E-state index in [4.69, 9.17) is 4.74 Å². The number of aliphatic hydroxyl groups excluding tert-OH is 1. The van der Waals surface area contributed by atoms with Crippen LogP contribution in [0.1, 0.15) is 17.0 Å². The summed E-state index contributed by atoms with van der Waals surface area (Å²) >= 11 is 0. The van der Waals surface area contributed by atoms with Crippen LogP contribution < -0.4 is 10.1 Å². The van der Waals surface area contributed by atoms with Crippen molar-refractivity contribution in [3.8, 4) is 5.75 Å². The topological polar surface area (TPSA) is 72.2 Å². The predicted molar refractivity (Wildman–Crippen MR) is 80.1 cm³/mol. The molecule has 0 saturated carbocycles. The predicted octanol–water partition coefficient (Wildman–Crippen LogP) is 0.961. The fourth-order valence-corrected chi connectivity index (χ4v) is 2.08. The second-order valence-electron chi connectivity index (χ2n) is 5.25. The van der Waals surface area contributed by atoms with Crippen LogP contribution in [0.5, 0.6) is 5.75 Å². The Bertz CT molecular complexity index is 563. The Labute approximate surface area is 124 Å². The number of aryl methyl sites for hydroxylation is 3. The molecule has 21 heavy (non-hydrogen) atoms. The molecule has 0 amide bonds. The minimum atomic E-state index is -0.575. The molecule has 0 aliphatic heterocycles. The van der Waals surface area contributed by atoms with Crippen molar-refractivity contribution in [3.63, 3.8) is 0 Å². The Morgan fingerprint density at radius 1 is 1.29 bits per heavy atom. The molecule has 0 aliphatic rings. The minimum absolute atomic E-state index is 0.255. The molecule has 2 rings (SSSR count). The number of nitrogens with zero attached hydrogens (tertiary/aromatic N) is 3. The molecule has 6 heteroatoms. The van der Waals surface area contributed by atoms with E-state index >= 15 is 0 Å². The molecule has 6 nitrogen and oxygen atoms in total. The third kappa shape index (κ3) is 5.17. The zero-order chi connectivity index (χ0) is 15.2. The van der Waals surface area contributed by atoms with Crippen LogP contribution in [0.25, 0.3) is 0 Å². The number of benzene rings is 1. The Balaban J connectivity index is 1.70. The van der Waals surface area contributed by atoms with Gasteiger partial charge in [0.05, 0.1) is 6.54 Å². The van der Waals surface area contributed by atoms with Crippen molar-refractivity contribution in [2.45, 2.75) is 26.5 Å². The summed E-state index contributed by atoms with van der Waals surface area (Å²) < 4.78 is 7.26. The van der Waals surface area contributed by atoms with E-state index in [9.17, 15) is 5.11 Å². The molecule has 0 radical (unpaired) electrons. The monoisotopic (exact) mass is 290 g/mol. The quantitative estimate of drug-likeness (QED) is 0.795. The average Bonchev–Trinajstić information content (AvgIpc) is 2.81. The van der Waals surface area contributed by atoms with E-state index in [1.165, 1.54) is 0 Å². The van der Waals surface area contributed by atoms with Gasteiger partial charge in [0.25, 0.3) is 0 Å². The molecule has 1 aromatic heterocycles. The first kappa shape index (κ1) is 15.5. The lowest BCUT2D eigenvalue weighted by molar-refractivity contribution is 0.106. The number of hydrogen-bond acceptors (Lipinski definition) is 5. The first-order valence-electron chi connectivity index (χ1n) is 6.97. The summed E-state index contributed by atoms with van der Waals surface area (Å²) in [5.74, 6) is 1.50. The summed E-state index contributed by atoms with van der Waals surface area (Å²) in [6.07, 6.45) is 1.07. The number of aliphatic hydroxyl groups is 1. The lowest BCUT2D eigenvalue weighted by atomic mass is 10.1. The van der Waals surface area contributed by atoms with Crippen molar-refractivity contribution < 1.29 is 9.84 Å². The maximum absolute atomic E-state index is 9.90. The van der Waals surface area contributed by atoms with Crippen molar-refractivity contribution in [3.05, 3.63) is 41.5 Å². The Hall–Kier alpha value is -1.92. The first-order valence-corrected chi connectivity index (χ1v) is 6.97. The van der Waals surface area contributed by atoms with Crippen LogP contribution in [0.15, 0.2) is 24.5 Å². The van der Waals surface area contributed by atoms with E-state index in [1.54, 1.807) is 11.0 Å². The second kappa shape index (κ2) is 7.19. The van der Waals surface area contributed by atoms with Crippen molar-refractivity contribution in [1.82, 2.24) is 20.1 Å². The van der Waals surface area contributed by atoms with E-state index in [0.29, 0.717) is 18.9 Å². The van der Waals surface area contributed by atoms with Crippen LogP contribution in [-0.4, -0.2) is 39.1 Å². The maximum atomic E-state index is 9.90. The minimum Gasteiger partial charge on any atom is -0.491 e. The van der Waals surface area contributed by atoms with Gasteiger partial charge in [0, 0.05) is 13.6 Å². The van der Waals surface area contributed by atoms with Crippen LogP contribution in [0.2, 0.25) is 0 Å². The SMILES string of the molecule is Cc1cc(C)cc(OCC(O)CNCc2ncn(C)n2)c1. The molecule has 0 spiro atoms. The fourth-order valence-electron chi connectivity index (χ4n) is 2.08. The van der Waals surface area contributed by atoms with Gasteiger partial charge in [-0.15, -0.1) is 0 Å². The maximum Gasteiger partial charge on any atom is 0.164 e. The molecular formula is C15H22N4O2. The van der Waals surface area contributed by atoms with E-state index in [-0.39, 0.29) is 6.61 Å². The highest BCUT2D eigenvalue weighted by Gasteiger charge is 2.06. The van der Waals surface area contributed by atoms with Gasteiger partial charge in [0.1, 0.15) is 24.8 Å². The van der Waals surface area contributed by atoms with Crippen LogP contribution in [0.3, 0.4) is 0 Å². The molecule has 1 atom stereocenters. The fraction of sp³-hybridized carbons (Fsp3) is 0.467. The Morgan fingerprint density at radius 2 is 2.00 bits per heavy atom. The summed E-state index contributed by atoms with van der Waals surface area (Å²) in [5.41, 5.74) is 2.30. The Kier molecular flexibility index (Phi) is 5.30. The molecule has 2 N–H and O–H groups in total. The van der Waals surface area contributed by atoms with Gasteiger partial charge in [-0.2, -0.15) is 5.10 Å². The third-order valence-corrected chi connectivity index (χ3v) is 2.95. The average molecular weight is 290 g/mol. The highest BCUT2D eigenvalue weighted by atomic mass is 16.5. The Morgan fingerprint density at radius 3 is 2.62 bits per heavy atom. The number of ether oxygens (including phenoxy) is 1. The lowest BCUT2D eigenvalue weighted by Gasteiger charge is -2.13. The number of hydrogen-bond donors (Lipinski definition) is 2. The molecule has 0 saturated heterocycles. The summed E-state index contributed by atoms with van der Waals surface area (Å²) in [5, 5.41) is 17.2. The summed E-state index contributed by atoms with van der Waals surface area (Å²) in [6.45, 7) is 5.27. The molecular weight excluding hydrogens is 268 g/mol. The summed E-state index contributed by atoms with van der Waals surface area (Å²) in [4.78, 5) is 4.10. The molecule has 0 fully saturated rings. The van der Waals surface area contributed by atoms with Crippen molar-refractivity contribution in [2.24, 2.45) is 7.05 Å². The highest BCUT2D eigenvalue weighted by molar-refractivity contribution is 5.32. The largest absolute Gasteiger partial charge is 0.491 e. The first-order chi connectivity index (χ1) is 10.0. The molecule has 2 aromatic rings. The lowest BCUT2D eigenvalue weighted by Crippen LogP contribution is -2.31. The molecule has 0 bridgehead atoms. The second-order valence-corrected chi connectivity index (χ2v) is 5.25. The van der Waals surface area contributed by atoms with E-state index in [2.05, 4.69) is 21.5 Å². The van der Waals surface area contributed by atoms with Crippen LogP contribution >= 0.6 is 0 Å². The van der Waals surface area contributed by atoms with Gasteiger partial charge < -0.3 is 15.2 Å². The van der Waals surface area contributed by atoms with E-state index in [1.807, 2.05) is 33.0 Å². The van der Waals surface area contributed by atoms with Gasteiger partial charge in [-0.05, 0) is 37.1 Å². The zero-order valence-corrected chi connectivity index (χ0v) is 12.7. The van der Waals surface area contributed by atoms with Crippen molar-refractivity contribution >= 4 is 0 Å². The van der Waals surface area contributed by atoms with Crippen molar-refractivity contribution in [2.75, 3.05) is 13.2 Å². The molecule has 114 valence electrons.